The van der Waals surface area contributed by atoms with Crippen molar-refractivity contribution in [3.8, 4) is 11.5 Å². The van der Waals surface area contributed by atoms with Gasteiger partial charge in [0.15, 0.2) is 0 Å². The number of aromatic hydroxyl groups is 1. The molecule has 1 aliphatic rings. The quantitative estimate of drug-likeness (QED) is 0.339. The molecule has 0 aromatic heterocycles. The Morgan fingerprint density at radius 2 is 1.91 bits per heavy atom. The highest BCUT2D eigenvalue weighted by Crippen LogP contribution is 2.35. The lowest BCUT2D eigenvalue weighted by Crippen LogP contribution is -3.13. The Kier molecular flexibility index (Phi) is 8.84. The number of nitrogens with one attached hydrogen (secondary N) is 2. The molecule has 0 aliphatic carbocycles. The number of hydrogen-bond acceptors (Lipinski definition) is 4. The number of quaternary nitrogens is 2. The summed E-state index contributed by atoms with van der Waals surface area (Å²) in [5.74, 6) is -0.183. The summed E-state index contributed by atoms with van der Waals surface area (Å²) in [6.45, 7) is 6.77. The molecule has 1 aliphatic heterocycles. The van der Waals surface area contributed by atoms with Crippen molar-refractivity contribution in [3.05, 3.63) is 52.0 Å². The van der Waals surface area contributed by atoms with Crippen molar-refractivity contribution in [1.29, 1.82) is 0 Å². The van der Waals surface area contributed by atoms with Crippen molar-refractivity contribution in [2.45, 2.75) is 44.9 Å². The van der Waals surface area contributed by atoms with Crippen molar-refractivity contribution in [2.24, 2.45) is 0 Å². The third-order valence-corrected chi connectivity index (χ3v) is 6.45. The maximum Gasteiger partial charge on any atom is 0.221 e. The predicted molar refractivity (Wildman–Crippen MR) is 129 cm³/mol. The van der Waals surface area contributed by atoms with Gasteiger partial charge in [0, 0.05) is 36.4 Å². The molecular weight excluding hydrogens is 465 g/mol. The lowest BCUT2D eigenvalue weighted by Gasteiger charge is -2.30. The summed E-state index contributed by atoms with van der Waals surface area (Å²) >= 11 is 11.9. The highest BCUT2D eigenvalue weighted by Gasteiger charge is 2.30. The number of anilines is 1. The van der Waals surface area contributed by atoms with E-state index in [-0.39, 0.29) is 29.0 Å². The summed E-state index contributed by atoms with van der Waals surface area (Å²) in [5.41, 5.74) is 0.556. The largest absolute Gasteiger partial charge is 0.506 e. The summed E-state index contributed by atoms with van der Waals surface area (Å²) < 4.78 is 5.75. The van der Waals surface area contributed by atoms with Crippen LogP contribution < -0.4 is 20.3 Å². The molecule has 1 fully saturated rings. The molecule has 9 heteroatoms. The monoisotopic (exact) mass is 497 g/mol. The van der Waals surface area contributed by atoms with E-state index in [2.05, 4.69) is 22.8 Å². The Morgan fingerprint density at radius 1 is 1.24 bits per heavy atom. The van der Waals surface area contributed by atoms with Crippen molar-refractivity contribution >= 4 is 34.8 Å². The number of nitrogens with two attached hydrogens (primary N) is 1. The van der Waals surface area contributed by atoms with Gasteiger partial charge in [-0.15, -0.1) is 0 Å². The molecule has 3 rings (SSSR count). The summed E-state index contributed by atoms with van der Waals surface area (Å²) in [5, 5.41) is 26.4. The van der Waals surface area contributed by atoms with Gasteiger partial charge in [0.2, 0.25) is 5.91 Å². The number of phenols is 1. The number of hydrogen-bond donors (Lipinski definition) is 5. The highest BCUT2D eigenvalue weighted by molar-refractivity contribution is 6.32. The van der Waals surface area contributed by atoms with Gasteiger partial charge in [-0.05, 0) is 25.1 Å². The Hall–Kier alpha value is -2.03. The average Bonchev–Trinajstić information content (AvgIpc) is 2.76. The van der Waals surface area contributed by atoms with Gasteiger partial charge < -0.3 is 30.5 Å². The van der Waals surface area contributed by atoms with Gasteiger partial charge in [0.25, 0.3) is 0 Å². The second-order valence-electron chi connectivity index (χ2n) is 9.10. The molecule has 2 aromatic rings. The van der Waals surface area contributed by atoms with Crippen LogP contribution in [0.1, 0.15) is 32.3 Å². The van der Waals surface area contributed by atoms with Crippen LogP contribution >= 0.6 is 23.2 Å². The minimum atomic E-state index is -1.09. The van der Waals surface area contributed by atoms with Crippen molar-refractivity contribution in [2.75, 3.05) is 31.6 Å². The minimum absolute atomic E-state index is 0.0117. The van der Waals surface area contributed by atoms with Crippen LogP contribution in [0.4, 0.5) is 5.69 Å². The smallest absolute Gasteiger partial charge is 0.221 e. The molecule has 1 amide bonds. The number of aliphatic hydroxyl groups is 1. The highest BCUT2D eigenvalue weighted by atomic mass is 35.5. The maximum atomic E-state index is 11.4. The van der Waals surface area contributed by atoms with Gasteiger partial charge in [-0.25, -0.2) is 0 Å². The van der Waals surface area contributed by atoms with Gasteiger partial charge in [-0.1, -0.05) is 35.3 Å². The van der Waals surface area contributed by atoms with E-state index in [4.69, 9.17) is 27.9 Å². The zero-order valence-corrected chi connectivity index (χ0v) is 20.5. The number of ether oxygens (including phenoxy) is 1. The Labute approximate surface area is 204 Å². The van der Waals surface area contributed by atoms with Crippen LogP contribution in [0.5, 0.6) is 11.5 Å². The first-order valence-corrected chi connectivity index (χ1v) is 11.9. The van der Waals surface area contributed by atoms with E-state index in [1.54, 1.807) is 11.8 Å². The third kappa shape index (κ3) is 8.05. The van der Waals surface area contributed by atoms with E-state index in [0.29, 0.717) is 18.3 Å². The first-order valence-electron chi connectivity index (χ1n) is 11.2. The minimum Gasteiger partial charge on any atom is -0.506 e. The molecule has 180 valence electrons. The lowest BCUT2D eigenvalue weighted by atomic mass is 10.0. The van der Waals surface area contributed by atoms with E-state index in [1.807, 2.05) is 12.1 Å². The molecule has 0 spiro atoms. The van der Waals surface area contributed by atoms with Crippen LogP contribution in [-0.4, -0.2) is 54.0 Å². The number of rotatable bonds is 9. The van der Waals surface area contributed by atoms with Crippen molar-refractivity contribution < 1.29 is 30.0 Å². The second-order valence-corrected chi connectivity index (χ2v) is 9.94. The van der Waals surface area contributed by atoms with Gasteiger partial charge in [-0.2, -0.15) is 0 Å². The fraction of sp³-hybridized carbons (Fsp3) is 0.458. The lowest BCUT2D eigenvalue weighted by molar-refractivity contribution is -0.926. The third-order valence-electron chi connectivity index (χ3n) is 5.89. The second kappa shape index (κ2) is 11.4. The summed E-state index contributed by atoms with van der Waals surface area (Å²) in [4.78, 5) is 13.0. The molecule has 1 heterocycles. The SMILES string of the molecule is CC(=O)Nc1cc(Cl)c(O)cc1OC[C@@](C)(O)C[NH2+]C1CC[NH+](Cc2ccc(Cl)cc2)CC1. The molecule has 0 unspecified atom stereocenters. The molecule has 33 heavy (non-hydrogen) atoms. The topological polar surface area (TPSA) is 99.8 Å². The molecule has 0 saturated carbocycles. The molecule has 1 atom stereocenters. The van der Waals surface area contributed by atoms with Gasteiger partial charge in [0.05, 0.1) is 29.8 Å². The van der Waals surface area contributed by atoms with Gasteiger partial charge in [-0.3, -0.25) is 4.79 Å². The zero-order valence-electron chi connectivity index (χ0n) is 19.0. The maximum absolute atomic E-state index is 11.4. The summed E-state index contributed by atoms with van der Waals surface area (Å²) in [7, 11) is 0. The van der Waals surface area contributed by atoms with Crippen LogP contribution in [0.15, 0.2) is 36.4 Å². The molecule has 7 nitrogen and oxygen atoms in total. The summed E-state index contributed by atoms with van der Waals surface area (Å²) in [6, 6.07) is 11.3. The number of carbonyl (C=O) groups excluding carboxylic acids is 1. The molecule has 0 radical (unpaired) electrons. The van der Waals surface area contributed by atoms with Crippen LogP contribution in [-0.2, 0) is 11.3 Å². The number of amides is 1. The van der Waals surface area contributed by atoms with Gasteiger partial charge >= 0.3 is 0 Å². The fourth-order valence-electron chi connectivity index (χ4n) is 4.01. The Morgan fingerprint density at radius 3 is 2.55 bits per heavy atom. The zero-order chi connectivity index (χ0) is 24.0. The van der Waals surface area contributed by atoms with Crippen molar-refractivity contribution in [3.63, 3.8) is 0 Å². The molecular formula is C24H33Cl2N3O4+2. The molecule has 0 bridgehead atoms. The fourth-order valence-corrected chi connectivity index (χ4v) is 4.30. The van der Waals surface area contributed by atoms with Crippen LogP contribution in [0.25, 0.3) is 0 Å². The van der Waals surface area contributed by atoms with E-state index in [1.165, 1.54) is 24.6 Å². The number of benzene rings is 2. The first kappa shape index (κ1) is 25.6. The predicted octanol–water partition coefficient (Wildman–Crippen LogP) is 1.60. The number of piperidine rings is 1. The molecule has 6 N–H and O–H groups in total. The Balaban J connectivity index is 1.45. The Bertz CT molecular complexity index is 945. The number of carbonyl (C=O) groups is 1. The van der Waals surface area contributed by atoms with Crippen molar-refractivity contribution in [1.82, 2.24) is 0 Å². The van der Waals surface area contributed by atoms with E-state index in [0.717, 1.165) is 37.5 Å². The first-order chi connectivity index (χ1) is 15.6. The van der Waals surface area contributed by atoms with Crippen LogP contribution in [0, 0.1) is 0 Å². The number of halogens is 2. The number of phenolic OH excluding ortho intramolecular Hbond substituents is 1. The summed E-state index contributed by atoms with van der Waals surface area (Å²) in [6.07, 6.45) is 2.16. The van der Waals surface area contributed by atoms with Crippen LogP contribution in [0.2, 0.25) is 10.0 Å². The molecule has 2 aromatic carbocycles. The average molecular weight is 498 g/mol. The number of likely N-dealkylation sites (tertiary alicyclic amines) is 1. The normalized spacial score (nSPS) is 20.2. The van der Waals surface area contributed by atoms with E-state index < -0.39 is 5.60 Å². The standard InChI is InChI=1S/C24H31Cl2N3O4/c1-16(30)28-21-11-20(26)22(31)12-23(21)33-15-24(2,32)14-27-19-7-9-29(10-8-19)13-17-3-5-18(25)6-4-17/h3-6,11-12,19,27,31-32H,7-10,13-15H2,1-2H3,(H,28,30)/p+2/t24-/m0/s1. The molecule has 1 saturated heterocycles. The van der Waals surface area contributed by atoms with E-state index >= 15 is 0 Å². The van der Waals surface area contributed by atoms with Gasteiger partial charge in [0.1, 0.15) is 36.8 Å². The van der Waals surface area contributed by atoms with Crippen LogP contribution in [0.3, 0.4) is 0 Å². The van der Waals surface area contributed by atoms with E-state index in [9.17, 15) is 15.0 Å².